The largest absolute Gasteiger partial charge is 0.352 e. The Hall–Kier alpha value is -0.870. The molecule has 0 saturated carbocycles. The predicted molar refractivity (Wildman–Crippen MR) is 50.1 cm³/mol. The lowest BCUT2D eigenvalue weighted by Gasteiger charge is -2.02. The van der Waals surface area contributed by atoms with Crippen molar-refractivity contribution in [1.82, 2.24) is 15.5 Å². The monoisotopic (exact) mass is 219 g/mol. The highest BCUT2D eigenvalue weighted by Gasteiger charge is 2.11. The molecule has 70 valence electrons. The molecule has 6 heteroatoms. The molecular weight excluding hydrogens is 213 g/mol. The topological polar surface area (TPSA) is 54.9 Å². The van der Waals surface area contributed by atoms with Gasteiger partial charge in [0.15, 0.2) is 10.3 Å². The van der Waals surface area contributed by atoms with Gasteiger partial charge in [0.1, 0.15) is 0 Å². The average molecular weight is 220 g/mol. The molecule has 0 bridgehead atoms. The molecule has 0 aliphatic heterocycles. The molecule has 0 saturated heterocycles. The molecule has 1 amide bonds. The van der Waals surface area contributed by atoms with Crippen LogP contribution in [0.3, 0.4) is 0 Å². The molecule has 0 fully saturated rings. The second-order valence-electron chi connectivity index (χ2n) is 2.23. The normalized spacial score (nSPS) is 9.77. The van der Waals surface area contributed by atoms with E-state index in [0.717, 1.165) is 0 Å². The molecular formula is C7H7Cl2N3O. The second-order valence-corrected chi connectivity index (χ2v) is 2.98. The van der Waals surface area contributed by atoms with Gasteiger partial charge in [0.2, 0.25) is 0 Å². The molecule has 0 aliphatic rings. The Kier molecular flexibility index (Phi) is 3.45. The van der Waals surface area contributed by atoms with E-state index in [-0.39, 0.29) is 21.8 Å². The Morgan fingerprint density at radius 3 is 2.85 bits per heavy atom. The maximum atomic E-state index is 11.3. The number of rotatable bonds is 2. The van der Waals surface area contributed by atoms with Gasteiger partial charge in [-0.3, -0.25) is 4.79 Å². The van der Waals surface area contributed by atoms with E-state index in [4.69, 9.17) is 23.2 Å². The van der Waals surface area contributed by atoms with Crippen LogP contribution in [0.4, 0.5) is 0 Å². The maximum absolute atomic E-state index is 11.3. The summed E-state index contributed by atoms with van der Waals surface area (Å²) in [6.07, 6.45) is 0. The number of amides is 1. The first-order valence-corrected chi connectivity index (χ1v) is 4.37. The van der Waals surface area contributed by atoms with E-state index in [1.807, 2.05) is 6.92 Å². The molecule has 0 unspecified atom stereocenters. The molecule has 0 aromatic carbocycles. The van der Waals surface area contributed by atoms with Crippen LogP contribution in [-0.4, -0.2) is 22.6 Å². The number of hydrogen-bond acceptors (Lipinski definition) is 3. The lowest BCUT2D eigenvalue weighted by molar-refractivity contribution is 0.0955. The van der Waals surface area contributed by atoms with Crippen LogP contribution in [0.1, 0.15) is 17.3 Å². The molecule has 1 heterocycles. The van der Waals surface area contributed by atoms with Gasteiger partial charge in [-0.2, -0.15) is 0 Å². The third-order valence-corrected chi connectivity index (χ3v) is 1.76. The highest BCUT2D eigenvalue weighted by Crippen LogP contribution is 2.14. The first kappa shape index (κ1) is 10.2. The summed E-state index contributed by atoms with van der Waals surface area (Å²) in [5.74, 6) is -0.302. The van der Waals surface area contributed by atoms with Crippen LogP contribution in [0.2, 0.25) is 10.3 Å². The summed E-state index contributed by atoms with van der Waals surface area (Å²) in [4.78, 5) is 11.3. The summed E-state index contributed by atoms with van der Waals surface area (Å²) in [7, 11) is 0. The van der Waals surface area contributed by atoms with Crippen LogP contribution in [0.15, 0.2) is 6.07 Å². The Balaban J connectivity index is 2.99. The quantitative estimate of drug-likeness (QED) is 0.822. The van der Waals surface area contributed by atoms with Crippen molar-refractivity contribution in [1.29, 1.82) is 0 Å². The molecule has 4 nitrogen and oxygen atoms in total. The van der Waals surface area contributed by atoms with Gasteiger partial charge in [-0.1, -0.05) is 23.2 Å². The van der Waals surface area contributed by atoms with Crippen molar-refractivity contribution >= 4 is 29.1 Å². The van der Waals surface area contributed by atoms with Gasteiger partial charge in [0, 0.05) is 6.54 Å². The average Bonchev–Trinajstić information content (AvgIpc) is 2.09. The molecule has 13 heavy (non-hydrogen) atoms. The number of aromatic nitrogens is 2. The second kappa shape index (κ2) is 4.39. The van der Waals surface area contributed by atoms with Crippen molar-refractivity contribution < 1.29 is 4.79 Å². The van der Waals surface area contributed by atoms with E-state index in [1.165, 1.54) is 6.07 Å². The van der Waals surface area contributed by atoms with Gasteiger partial charge in [-0.15, -0.1) is 10.2 Å². The van der Waals surface area contributed by atoms with Gasteiger partial charge in [0.25, 0.3) is 5.91 Å². The minimum Gasteiger partial charge on any atom is -0.352 e. The third-order valence-electron chi connectivity index (χ3n) is 1.30. The van der Waals surface area contributed by atoms with Gasteiger partial charge in [0.05, 0.1) is 5.56 Å². The van der Waals surface area contributed by atoms with Crippen molar-refractivity contribution in [2.24, 2.45) is 0 Å². The first-order valence-electron chi connectivity index (χ1n) is 3.62. The molecule has 0 spiro atoms. The van der Waals surface area contributed by atoms with Crippen LogP contribution in [-0.2, 0) is 0 Å². The highest BCUT2D eigenvalue weighted by molar-refractivity contribution is 6.34. The van der Waals surface area contributed by atoms with Gasteiger partial charge < -0.3 is 5.32 Å². The minimum absolute atomic E-state index is 0.0513. The van der Waals surface area contributed by atoms with E-state index in [2.05, 4.69) is 15.5 Å². The fraction of sp³-hybridized carbons (Fsp3) is 0.286. The van der Waals surface area contributed by atoms with Crippen molar-refractivity contribution in [3.63, 3.8) is 0 Å². The van der Waals surface area contributed by atoms with Crippen LogP contribution >= 0.6 is 23.2 Å². The van der Waals surface area contributed by atoms with Crippen LogP contribution < -0.4 is 5.32 Å². The summed E-state index contributed by atoms with van der Waals surface area (Å²) in [6.45, 7) is 2.33. The maximum Gasteiger partial charge on any atom is 0.254 e. The van der Waals surface area contributed by atoms with Crippen molar-refractivity contribution in [2.45, 2.75) is 6.92 Å². The SMILES string of the molecule is CCNC(=O)c1cc(Cl)nnc1Cl. The van der Waals surface area contributed by atoms with Gasteiger partial charge in [-0.05, 0) is 13.0 Å². The fourth-order valence-corrected chi connectivity index (χ4v) is 1.09. The van der Waals surface area contributed by atoms with Crippen LogP contribution in [0.5, 0.6) is 0 Å². The van der Waals surface area contributed by atoms with Crippen molar-refractivity contribution in [3.8, 4) is 0 Å². The zero-order valence-electron chi connectivity index (χ0n) is 6.84. The van der Waals surface area contributed by atoms with Crippen molar-refractivity contribution in [3.05, 3.63) is 21.9 Å². The highest BCUT2D eigenvalue weighted by atomic mass is 35.5. The van der Waals surface area contributed by atoms with Crippen molar-refractivity contribution in [2.75, 3.05) is 6.54 Å². The molecule has 1 aromatic heterocycles. The number of carbonyl (C=O) groups excluding carboxylic acids is 1. The molecule has 1 N–H and O–H groups in total. The first-order chi connectivity index (χ1) is 6.15. The number of nitrogens with zero attached hydrogens (tertiary/aromatic N) is 2. The van der Waals surface area contributed by atoms with E-state index in [0.29, 0.717) is 6.54 Å². The summed E-state index contributed by atoms with van der Waals surface area (Å²) in [5, 5.41) is 9.77. The number of carbonyl (C=O) groups is 1. The summed E-state index contributed by atoms with van der Waals surface area (Å²) in [6, 6.07) is 1.38. The van der Waals surface area contributed by atoms with Gasteiger partial charge in [-0.25, -0.2) is 0 Å². The van der Waals surface area contributed by atoms with Gasteiger partial charge >= 0.3 is 0 Å². The molecule has 1 aromatic rings. The number of hydrogen-bond donors (Lipinski definition) is 1. The number of halogens is 2. The predicted octanol–water partition coefficient (Wildman–Crippen LogP) is 1.53. The minimum atomic E-state index is -0.302. The van der Waals surface area contributed by atoms with Crippen LogP contribution in [0, 0.1) is 0 Å². The summed E-state index contributed by atoms with van der Waals surface area (Å²) < 4.78 is 0. The Morgan fingerprint density at radius 1 is 1.54 bits per heavy atom. The molecule has 0 aliphatic carbocycles. The zero-order valence-corrected chi connectivity index (χ0v) is 8.35. The summed E-state index contributed by atoms with van der Waals surface area (Å²) >= 11 is 11.2. The van der Waals surface area contributed by atoms with Crippen LogP contribution in [0.25, 0.3) is 0 Å². The molecule has 0 radical (unpaired) electrons. The van der Waals surface area contributed by atoms with E-state index < -0.39 is 0 Å². The van der Waals surface area contributed by atoms with E-state index >= 15 is 0 Å². The third kappa shape index (κ3) is 2.54. The molecule has 0 atom stereocenters. The number of nitrogens with one attached hydrogen (secondary N) is 1. The Morgan fingerprint density at radius 2 is 2.23 bits per heavy atom. The fourth-order valence-electron chi connectivity index (χ4n) is 0.768. The lowest BCUT2D eigenvalue weighted by atomic mass is 10.3. The Bertz CT molecular complexity index is 330. The lowest BCUT2D eigenvalue weighted by Crippen LogP contribution is -2.23. The van der Waals surface area contributed by atoms with E-state index in [9.17, 15) is 4.79 Å². The summed E-state index contributed by atoms with van der Waals surface area (Å²) in [5.41, 5.74) is 0.239. The Labute approximate surface area is 85.3 Å². The molecule has 1 rings (SSSR count). The standard InChI is InChI=1S/C7H7Cl2N3O/c1-2-10-7(13)4-3-5(8)11-12-6(4)9/h3H,2H2,1H3,(H,10,13). The van der Waals surface area contributed by atoms with E-state index in [1.54, 1.807) is 0 Å². The smallest absolute Gasteiger partial charge is 0.254 e. The zero-order chi connectivity index (χ0) is 9.84.